The third-order valence-electron chi connectivity index (χ3n) is 16.6. The van der Waals surface area contributed by atoms with Crippen molar-refractivity contribution in [2.75, 3.05) is 24.6 Å². The molecule has 6 rings (SSSR count). The average Bonchev–Trinajstić information content (AvgIpc) is 3.82. The average molecular weight is 1000 g/mol. The van der Waals surface area contributed by atoms with Gasteiger partial charge >= 0.3 is 5.97 Å². The third-order valence-corrected chi connectivity index (χ3v) is 16.6. The highest BCUT2D eigenvalue weighted by Crippen LogP contribution is 2.56. The van der Waals surface area contributed by atoms with E-state index in [-0.39, 0.29) is 23.9 Å². The lowest BCUT2D eigenvalue weighted by atomic mass is 9.71. The van der Waals surface area contributed by atoms with Gasteiger partial charge in [0, 0.05) is 34.7 Å². The van der Waals surface area contributed by atoms with E-state index in [1.165, 1.54) is 151 Å². The Morgan fingerprint density at radius 2 is 1.16 bits per heavy atom. The number of nitriles is 1. The lowest BCUT2D eigenvalue weighted by molar-refractivity contribution is -0.439. The van der Waals surface area contributed by atoms with Crippen LogP contribution in [0.1, 0.15) is 219 Å². The normalized spacial score (nSPS) is 16.7. The molecular formula is C67H92N3O4+. The van der Waals surface area contributed by atoms with Crippen LogP contribution >= 0.6 is 0 Å². The van der Waals surface area contributed by atoms with Crippen molar-refractivity contribution >= 4 is 51.1 Å². The zero-order chi connectivity index (χ0) is 52.4. The molecule has 7 heteroatoms. The van der Waals surface area contributed by atoms with Crippen molar-refractivity contribution in [3.63, 3.8) is 0 Å². The van der Waals surface area contributed by atoms with E-state index in [1.807, 2.05) is 12.2 Å². The Hall–Kier alpha value is -5.48. The van der Waals surface area contributed by atoms with Gasteiger partial charge in [0.25, 0.3) is 6.47 Å². The SMILES string of the molecule is CCCCCCCCCCC1(C)C(/C=C/C(C#N)=C/C=C2/N(CCC(=O)O)c3c(ccc4ccccc34)C2(CCCCCCCCCC)CCCCCCCCCC)=[N+](CCOC=O)c2c1ccc1ccccc21. The number of carbonyl (C=O) groups is 2. The van der Waals surface area contributed by atoms with Crippen LogP contribution in [-0.2, 0) is 25.2 Å². The second-order valence-corrected chi connectivity index (χ2v) is 21.9. The zero-order valence-corrected chi connectivity index (χ0v) is 46.2. The van der Waals surface area contributed by atoms with Crippen molar-refractivity contribution in [2.24, 2.45) is 0 Å². The maximum atomic E-state index is 12.5. The van der Waals surface area contributed by atoms with Crippen LogP contribution in [-0.4, -0.2) is 47.5 Å². The molecule has 4 aromatic carbocycles. The van der Waals surface area contributed by atoms with Gasteiger partial charge in [0.05, 0.1) is 34.6 Å². The number of carboxylic acids is 1. The van der Waals surface area contributed by atoms with Crippen molar-refractivity contribution in [2.45, 2.75) is 218 Å². The number of hydrogen-bond donors (Lipinski definition) is 1. The topological polar surface area (TPSA) is 93.6 Å². The van der Waals surface area contributed by atoms with Gasteiger partial charge in [0.1, 0.15) is 6.61 Å². The molecule has 1 unspecified atom stereocenters. The number of allylic oxidation sites excluding steroid dienone is 6. The molecule has 0 saturated heterocycles. The van der Waals surface area contributed by atoms with E-state index in [0.29, 0.717) is 25.1 Å². The molecule has 7 nitrogen and oxygen atoms in total. The second kappa shape index (κ2) is 30.8. The molecule has 2 heterocycles. The van der Waals surface area contributed by atoms with Gasteiger partial charge in [-0.05, 0) is 66.8 Å². The standard InChI is InChI=1S/C67H91N3O4/c1-5-8-11-14-17-20-23-30-46-66(4)59-41-39-55-33-26-28-35-57(55)64(59)70(50-51-74-53-71)61(66)43-37-54(52-68)38-44-62-67(47-31-24-21-18-15-12-9-6-2,48-32-25-22-19-16-13-10-7-3)60-42-40-56-34-27-29-36-58(56)65(60)69(62)49-45-63(72)73/h26-29,33-44,53H,5-25,30-32,45-51H2,1-4H3/p+1. The number of hydrogen-bond acceptors (Lipinski definition) is 5. The third kappa shape index (κ3) is 15.1. The van der Waals surface area contributed by atoms with E-state index < -0.39 is 5.97 Å². The monoisotopic (exact) mass is 1000 g/mol. The fourth-order valence-electron chi connectivity index (χ4n) is 12.5. The van der Waals surface area contributed by atoms with Gasteiger partial charge in [0.15, 0.2) is 12.3 Å². The molecule has 2 aliphatic rings. The van der Waals surface area contributed by atoms with Crippen molar-refractivity contribution < 1.29 is 24.0 Å². The zero-order valence-electron chi connectivity index (χ0n) is 46.2. The maximum Gasteiger partial charge on any atom is 0.305 e. The Kier molecular flexibility index (Phi) is 24.0. The van der Waals surface area contributed by atoms with E-state index in [0.717, 1.165) is 77.5 Å². The molecule has 0 amide bonds. The molecule has 1 N–H and O–H groups in total. The molecule has 0 aliphatic carbocycles. The van der Waals surface area contributed by atoms with Crippen molar-refractivity contribution in [3.05, 3.63) is 119 Å². The summed E-state index contributed by atoms with van der Waals surface area (Å²) in [6.07, 6.45) is 41.0. The van der Waals surface area contributed by atoms with E-state index in [4.69, 9.17) is 4.74 Å². The summed E-state index contributed by atoms with van der Waals surface area (Å²) in [5.41, 5.74) is 6.94. The fourth-order valence-corrected chi connectivity index (χ4v) is 12.5. The first kappa shape index (κ1) is 57.8. The first-order valence-corrected chi connectivity index (χ1v) is 29.5. The molecule has 0 aromatic heterocycles. The number of fused-ring (bicyclic) bond motifs is 6. The Labute approximate surface area is 446 Å². The quantitative estimate of drug-likeness (QED) is 0.0159. The largest absolute Gasteiger partial charge is 0.481 e. The lowest BCUT2D eigenvalue weighted by Gasteiger charge is -2.34. The number of benzene rings is 4. The van der Waals surface area contributed by atoms with Crippen LogP contribution in [0.4, 0.5) is 11.4 Å². The fraction of sp³-hybridized carbons (Fsp3) is 0.552. The van der Waals surface area contributed by atoms with Gasteiger partial charge in [0.2, 0.25) is 5.69 Å². The first-order chi connectivity index (χ1) is 36.3. The molecule has 398 valence electrons. The van der Waals surface area contributed by atoms with Crippen LogP contribution in [0.5, 0.6) is 0 Å². The minimum atomic E-state index is -0.813. The highest BCUT2D eigenvalue weighted by Gasteiger charge is 2.49. The number of anilines is 1. The smallest absolute Gasteiger partial charge is 0.305 e. The van der Waals surface area contributed by atoms with Crippen molar-refractivity contribution in [3.8, 4) is 6.07 Å². The Bertz CT molecular complexity index is 2560. The van der Waals surface area contributed by atoms with Crippen LogP contribution in [0.3, 0.4) is 0 Å². The molecule has 0 bridgehead atoms. The maximum absolute atomic E-state index is 12.5. The van der Waals surface area contributed by atoms with Crippen LogP contribution in [0.25, 0.3) is 21.5 Å². The van der Waals surface area contributed by atoms with Crippen LogP contribution in [0.15, 0.2) is 108 Å². The van der Waals surface area contributed by atoms with Gasteiger partial charge in [-0.1, -0.05) is 242 Å². The number of carboxylic acid groups (broad SMARTS) is 1. The molecular weight excluding hydrogens is 911 g/mol. The Morgan fingerprint density at radius 1 is 0.662 bits per heavy atom. The van der Waals surface area contributed by atoms with Crippen molar-refractivity contribution in [1.29, 1.82) is 5.26 Å². The summed E-state index contributed by atoms with van der Waals surface area (Å²) in [5, 5.41) is 26.0. The number of ether oxygens (including phenoxy) is 1. The molecule has 0 fully saturated rings. The molecule has 4 aromatic rings. The predicted molar refractivity (Wildman–Crippen MR) is 311 cm³/mol. The molecule has 74 heavy (non-hydrogen) atoms. The van der Waals surface area contributed by atoms with Crippen LogP contribution < -0.4 is 4.90 Å². The number of rotatable bonds is 37. The number of unbranched alkanes of at least 4 members (excludes halogenated alkanes) is 21. The summed E-state index contributed by atoms with van der Waals surface area (Å²) in [4.78, 5) is 26.4. The minimum absolute atomic E-state index is 0.00891. The first-order valence-electron chi connectivity index (χ1n) is 29.5. The van der Waals surface area contributed by atoms with Crippen LogP contribution in [0, 0.1) is 11.3 Å². The summed E-state index contributed by atoms with van der Waals surface area (Å²) in [7, 11) is 0. The summed E-state index contributed by atoms with van der Waals surface area (Å²) in [6.45, 7) is 10.8. The summed E-state index contributed by atoms with van der Waals surface area (Å²) in [5.74, 6) is -0.813. The van der Waals surface area contributed by atoms with E-state index >= 15 is 0 Å². The number of carbonyl (C=O) groups excluding carboxylic acids is 1. The second-order valence-electron chi connectivity index (χ2n) is 21.9. The number of aliphatic carboxylic acids is 1. The Balaban J connectivity index is 1.44. The molecule has 0 radical (unpaired) electrons. The van der Waals surface area contributed by atoms with Gasteiger partial charge in [-0.2, -0.15) is 9.84 Å². The molecule has 0 saturated carbocycles. The molecule has 0 spiro atoms. The van der Waals surface area contributed by atoms with Gasteiger partial charge in [-0.25, -0.2) is 0 Å². The highest BCUT2D eigenvalue weighted by atomic mass is 16.5. The van der Waals surface area contributed by atoms with Gasteiger partial charge < -0.3 is 14.7 Å². The number of nitrogens with zero attached hydrogens (tertiary/aromatic N) is 3. The highest BCUT2D eigenvalue weighted by molar-refractivity contribution is 6.08. The predicted octanol–water partition coefficient (Wildman–Crippen LogP) is 18.2. The van der Waals surface area contributed by atoms with Crippen LogP contribution in [0.2, 0.25) is 0 Å². The van der Waals surface area contributed by atoms with E-state index in [9.17, 15) is 20.0 Å². The summed E-state index contributed by atoms with van der Waals surface area (Å²) in [6, 6.07) is 28.9. The molecule has 1 atom stereocenters. The Morgan fingerprint density at radius 3 is 1.70 bits per heavy atom. The van der Waals surface area contributed by atoms with Crippen molar-refractivity contribution in [1.82, 2.24) is 0 Å². The molecule has 2 aliphatic heterocycles. The van der Waals surface area contributed by atoms with Gasteiger partial charge in [-0.15, -0.1) is 0 Å². The van der Waals surface area contributed by atoms with E-state index in [1.54, 1.807) is 0 Å². The summed E-state index contributed by atoms with van der Waals surface area (Å²) < 4.78 is 7.75. The van der Waals surface area contributed by atoms with Gasteiger partial charge in [-0.3, -0.25) is 9.59 Å². The minimum Gasteiger partial charge on any atom is -0.481 e. The lowest BCUT2D eigenvalue weighted by Crippen LogP contribution is -2.32. The summed E-state index contributed by atoms with van der Waals surface area (Å²) >= 11 is 0. The van der Waals surface area contributed by atoms with E-state index in [2.05, 4.69) is 128 Å².